The van der Waals surface area contributed by atoms with Crippen LogP contribution in [0.15, 0.2) is 42.5 Å². The summed E-state index contributed by atoms with van der Waals surface area (Å²) in [6.45, 7) is 3.18. The lowest BCUT2D eigenvalue weighted by molar-refractivity contribution is 0.0691. The number of methoxy groups -OCH3 is 1. The minimum atomic E-state index is -1.01. The zero-order valence-electron chi connectivity index (χ0n) is 19.6. The van der Waals surface area contributed by atoms with Gasteiger partial charge in [0.2, 0.25) is 0 Å². The van der Waals surface area contributed by atoms with E-state index in [1.165, 1.54) is 63.9 Å². The van der Waals surface area contributed by atoms with Gasteiger partial charge in [-0.25, -0.2) is 4.79 Å². The summed E-state index contributed by atoms with van der Waals surface area (Å²) in [5.74, 6) is 0.719. The zero-order chi connectivity index (χ0) is 23.0. The largest absolute Gasteiger partial charge is 0.493 e. The summed E-state index contributed by atoms with van der Waals surface area (Å²) in [5, 5.41) is 9.27. The molecule has 0 spiro atoms. The van der Waals surface area contributed by atoms with Crippen LogP contribution >= 0.6 is 0 Å². The van der Waals surface area contributed by atoms with E-state index < -0.39 is 5.97 Å². The molecule has 0 aliphatic heterocycles. The molecule has 0 saturated carbocycles. The van der Waals surface area contributed by atoms with Crippen molar-refractivity contribution < 1.29 is 24.1 Å². The lowest BCUT2D eigenvalue weighted by atomic mass is 10.1. The van der Waals surface area contributed by atoms with Gasteiger partial charge in [-0.1, -0.05) is 82.9 Å². The molecule has 0 aliphatic carbocycles. The minimum absolute atomic E-state index is 0.149. The van der Waals surface area contributed by atoms with Crippen LogP contribution < -0.4 is 14.2 Å². The van der Waals surface area contributed by atoms with Gasteiger partial charge in [0, 0.05) is 0 Å². The summed E-state index contributed by atoms with van der Waals surface area (Å²) >= 11 is 0. The molecule has 0 bridgehead atoms. The van der Waals surface area contributed by atoms with E-state index >= 15 is 0 Å². The number of unbranched alkanes of at least 4 members (excludes halogenated alkanes) is 9. The average molecular weight is 443 g/mol. The number of para-hydroxylation sites is 1. The molecule has 0 radical (unpaired) electrons. The first-order chi connectivity index (χ1) is 15.7. The van der Waals surface area contributed by atoms with Gasteiger partial charge in [0.05, 0.1) is 13.7 Å². The molecular formula is C27H38O5. The SMILES string of the molecule is CCCCCCCCCCCCOc1ccc(COc2ccccc2C(=O)O)cc1OC. The number of carbonyl (C=O) groups is 1. The lowest BCUT2D eigenvalue weighted by Crippen LogP contribution is -2.04. The molecular weight excluding hydrogens is 404 g/mol. The molecule has 5 nitrogen and oxygen atoms in total. The fraction of sp³-hybridized carbons (Fsp3) is 0.519. The van der Waals surface area contributed by atoms with Crippen LogP contribution in [0.3, 0.4) is 0 Å². The highest BCUT2D eigenvalue weighted by Crippen LogP contribution is 2.29. The van der Waals surface area contributed by atoms with Crippen molar-refractivity contribution in [1.82, 2.24) is 0 Å². The number of carboxylic acid groups (broad SMARTS) is 1. The van der Waals surface area contributed by atoms with E-state index in [9.17, 15) is 9.90 Å². The van der Waals surface area contributed by atoms with Crippen LogP contribution in [0.2, 0.25) is 0 Å². The van der Waals surface area contributed by atoms with Crippen molar-refractivity contribution in [2.45, 2.75) is 77.7 Å². The molecule has 32 heavy (non-hydrogen) atoms. The summed E-state index contributed by atoms with van der Waals surface area (Å²) in [7, 11) is 1.62. The molecule has 2 aromatic carbocycles. The standard InChI is InChI=1S/C27H38O5/c1-3-4-5-6-7-8-9-10-11-14-19-31-25-18-17-22(20-26(25)30-2)21-32-24-16-13-12-15-23(24)27(28)29/h12-13,15-18,20H,3-11,14,19,21H2,1-2H3,(H,28,29). The van der Waals surface area contributed by atoms with Crippen LogP contribution in [0, 0.1) is 0 Å². The first-order valence-corrected chi connectivity index (χ1v) is 11.9. The normalized spacial score (nSPS) is 10.7. The van der Waals surface area contributed by atoms with E-state index in [0.29, 0.717) is 18.1 Å². The number of hydrogen-bond donors (Lipinski definition) is 1. The van der Waals surface area contributed by atoms with Crippen molar-refractivity contribution in [2.75, 3.05) is 13.7 Å². The van der Waals surface area contributed by atoms with Crippen molar-refractivity contribution in [3.63, 3.8) is 0 Å². The van der Waals surface area contributed by atoms with Crippen LogP contribution in [0.25, 0.3) is 0 Å². The molecule has 1 N–H and O–H groups in total. The van der Waals surface area contributed by atoms with E-state index in [4.69, 9.17) is 14.2 Å². The maximum absolute atomic E-state index is 11.3. The molecule has 0 unspecified atom stereocenters. The number of ether oxygens (including phenoxy) is 3. The van der Waals surface area contributed by atoms with E-state index in [-0.39, 0.29) is 12.2 Å². The Hall–Kier alpha value is -2.69. The van der Waals surface area contributed by atoms with Gasteiger partial charge in [0.25, 0.3) is 0 Å². The minimum Gasteiger partial charge on any atom is -0.493 e. The molecule has 0 atom stereocenters. The van der Waals surface area contributed by atoms with Gasteiger partial charge in [0.1, 0.15) is 17.9 Å². The molecule has 0 saturated heterocycles. The maximum atomic E-state index is 11.3. The van der Waals surface area contributed by atoms with Crippen molar-refractivity contribution >= 4 is 5.97 Å². The summed E-state index contributed by atoms with van der Waals surface area (Å²) in [5.41, 5.74) is 1.03. The van der Waals surface area contributed by atoms with Crippen molar-refractivity contribution in [3.8, 4) is 17.2 Å². The van der Waals surface area contributed by atoms with Gasteiger partial charge in [-0.05, 0) is 36.2 Å². The fourth-order valence-electron chi connectivity index (χ4n) is 3.62. The summed E-state index contributed by atoms with van der Waals surface area (Å²) in [6, 6.07) is 12.3. The van der Waals surface area contributed by atoms with Crippen molar-refractivity contribution in [3.05, 3.63) is 53.6 Å². The van der Waals surface area contributed by atoms with Gasteiger partial charge in [-0.3, -0.25) is 0 Å². The highest BCUT2D eigenvalue weighted by molar-refractivity contribution is 5.90. The Bertz CT molecular complexity index is 802. The Morgan fingerprint density at radius 1 is 0.781 bits per heavy atom. The second-order valence-corrected chi connectivity index (χ2v) is 8.11. The number of aromatic carboxylic acids is 1. The average Bonchev–Trinajstić information content (AvgIpc) is 2.81. The molecule has 2 rings (SSSR count). The zero-order valence-corrected chi connectivity index (χ0v) is 19.6. The first kappa shape index (κ1) is 25.6. The summed E-state index contributed by atoms with van der Waals surface area (Å²) < 4.78 is 17.1. The van der Waals surface area contributed by atoms with Crippen LogP contribution in [-0.4, -0.2) is 24.8 Å². The van der Waals surface area contributed by atoms with Crippen LogP contribution in [0.1, 0.15) is 87.1 Å². The van der Waals surface area contributed by atoms with Gasteiger partial charge in [-0.2, -0.15) is 0 Å². The first-order valence-electron chi connectivity index (χ1n) is 11.9. The van der Waals surface area contributed by atoms with E-state index in [0.717, 1.165) is 17.7 Å². The second-order valence-electron chi connectivity index (χ2n) is 8.11. The summed E-state index contributed by atoms with van der Waals surface area (Å²) in [4.78, 5) is 11.3. The van der Waals surface area contributed by atoms with E-state index in [2.05, 4.69) is 6.92 Å². The topological polar surface area (TPSA) is 65.0 Å². The molecule has 5 heteroatoms. The van der Waals surface area contributed by atoms with Crippen LogP contribution in [0.5, 0.6) is 17.2 Å². The molecule has 0 aliphatic rings. The Morgan fingerprint density at radius 3 is 2.09 bits per heavy atom. The Balaban J connectivity index is 1.70. The van der Waals surface area contributed by atoms with Crippen molar-refractivity contribution in [1.29, 1.82) is 0 Å². The third-order valence-electron chi connectivity index (χ3n) is 5.50. The molecule has 0 amide bonds. The smallest absolute Gasteiger partial charge is 0.339 e. The lowest BCUT2D eigenvalue weighted by Gasteiger charge is -2.13. The number of hydrogen-bond acceptors (Lipinski definition) is 4. The predicted octanol–water partition coefficient (Wildman–Crippen LogP) is 7.27. The number of benzene rings is 2. The van der Waals surface area contributed by atoms with E-state index in [1.807, 2.05) is 18.2 Å². The van der Waals surface area contributed by atoms with Gasteiger partial charge >= 0.3 is 5.97 Å². The Kier molecular flexibility index (Phi) is 12.1. The van der Waals surface area contributed by atoms with Gasteiger partial charge < -0.3 is 19.3 Å². The quantitative estimate of drug-likeness (QED) is 0.261. The number of rotatable bonds is 17. The van der Waals surface area contributed by atoms with Gasteiger partial charge in [0.15, 0.2) is 11.5 Å². The monoisotopic (exact) mass is 442 g/mol. The third kappa shape index (κ3) is 9.21. The molecule has 2 aromatic rings. The predicted molar refractivity (Wildman–Crippen MR) is 128 cm³/mol. The summed E-state index contributed by atoms with van der Waals surface area (Å²) in [6.07, 6.45) is 13.0. The molecule has 0 heterocycles. The molecule has 176 valence electrons. The number of carboxylic acids is 1. The molecule has 0 fully saturated rings. The van der Waals surface area contributed by atoms with E-state index in [1.54, 1.807) is 25.3 Å². The molecule has 0 aromatic heterocycles. The van der Waals surface area contributed by atoms with Crippen LogP contribution in [-0.2, 0) is 6.61 Å². The van der Waals surface area contributed by atoms with Gasteiger partial charge in [-0.15, -0.1) is 0 Å². The second kappa shape index (κ2) is 15.2. The highest BCUT2D eigenvalue weighted by atomic mass is 16.5. The van der Waals surface area contributed by atoms with Crippen LogP contribution in [0.4, 0.5) is 0 Å². The fourth-order valence-corrected chi connectivity index (χ4v) is 3.62. The maximum Gasteiger partial charge on any atom is 0.339 e. The van der Waals surface area contributed by atoms with Crippen molar-refractivity contribution in [2.24, 2.45) is 0 Å². The highest BCUT2D eigenvalue weighted by Gasteiger charge is 2.11. The Labute approximate surface area is 192 Å². The Morgan fingerprint density at radius 2 is 1.44 bits per heavy atom. The third-order valence-corrected chi connectivity index (χ3v) is 5.50.